The summed E-state index contributed by atoms with van der Waals surface area (Å²) < 4.78 is 12.4. The molecule has 2 heterocycles. The smallest absolute Gasteiger partial charge is 0.346 e. The molecule has 0 amide bonds. The molecule has 5 rings (SSSR count). The number of carbonyl (C=O) groups is 3. The molecule has 2 aliphatic rings. The van der Waals surface area contributed by atoms with Crippen molar-refractivity contribution >= 4 is 40.2 Å². The third-order valence-corrected chi connectivity index (χ3v) is 7.99. The number of rotatable bonds is 7. The maximum absolute atomic E-state index is 13.5. The lowest BCUT2D eigenvalue weighted by molar-refractivity contribution is -0.141. The number of esters is 1. The summed E-state index contributed by atoms with van der Waals surface area (Å²) in [5.74, 6) is -0.946. The number of ketones is 1. The first kappa shape index (κ1) is 26.0. The Hall–Kier alpha value is -3.58. The zero-order valence-electron chi connectivity index (χ0n) is 21.5. The van der Waals surface area contributed by atoms with E-state index in [1.54, 1.807) is 61.1 Å². The second-order valence-electron chi connectivity index (χ2n) is 10.1. The van der Waals surface area contributed by atoms with Gasteiger partial charge in [-0.1, -0.05) is 43.7 Å². The van der Waals surface area contributed by atoms with Gasteiger partial charge < -0.3 is 14.6 Å². The van der Waals surface area contributed by atoms with Crippen LogP contribution in [0.1, 0.15) is 60.1 Å². The molecule has 1 fully saturated rings. The lowest BCUT2D eigenvalue weighted by atomic mass is 9.85. The molecule has 7 nitrogen and oxygen atoms in total. The number of aliphatic hydroxyl groups excluding tert-OH is 1. The van der Waals surface area contributed by atoms with Gasteiger partial charge in [0.1, 0.15) is 11.3 Å². The predicted molar refractivity (Wildman–Crippen MR) is 144 cm³/mol. The molecular weight excluding hydrogens is 506 g/mol. The van der Waals surface area contributed by atoms with E-state index in [4.69, 9.17) is 21.1 Å². The number of hydrogen-bond donors (Lipinski definition) is 1. The van der Waals surface area contributed by atoms with Crippen LogP contribution in [0.3, 0.4) is 0 Å². The van der Waals surface area contributed by atoms with Crippen molar-refractivity contribution in [3.8, 4) is 5.75 Å². The number of nitrogens with zero attached hydrogens (tertiary/aromatic N) is 1. The molecule has 0 radical (unpaired) electrons. The van der Waals surface area contributed by atoms with Crippen molar-refractivity contribution in [1.29, 1.82) is 0 Å². The Bertz CT molecular complexity index is 1450. The number of ether oxygens (including phenoxy) is 2. The van der Waals surface area contributed by atoms with E-state index < -0.39 is 17.9 Å². The minimum atomic E-state index is -0.787. The van der Waals surface area contributed by atoms with Gasteiger partial charge in [0.15, 0.2) is 17.6 Å². The number of aromatic nitrogens is 1. The SMILES string of the molecule is COc1ccc2c(c1)c(CC(=O)C1=C(O)C(CC3CCCCC3)OC1=O)c(C)n2C(=O)c1ccc(Cl)cc1. The number of halogens is 1. The normalized spacial score (nSPS) is 18.2. The molecule has 38 heavy (non-hydrogen) atoms. The Morgan fingerprint density at radius 1 is 1.11 bits per heavy atom. The van der Waals surface area contributed by atoms with Crippen LogP contribution in [0, 0.1) is 12.8 Å². The van der Waals surface area contributed by atoms with Gasteiger partial charge in [-0.05, 0) is 67.3 Å². The molecule has 1 unspecified atom stereocenters. The largest absolute Gasteiger partial charge is 0.507 e. The molecular formula is C30H30ClNO6. The lowest BCUT2D eigenvalue weighted by Crippen LogP contribution is -2.18. The highest BCUT2D eigenvalue weighted by molar-refractivity contribution is 6.30. The summed E-state index contributed by atoms with van der Waals surface area (Å²) in [6.45, 7) is 1.76. The number of cyclic esters (lactones) is 1. The highest BCUT2D eigenvalue weighted by Gasteiger charge is 2.39. The minimum Gasteiger partial charge on any atom is -0.507 e. The summed E-state index contributed by atoms with van der Waals surface area (Å²) in [7, 11) is 1.54. The van der Waals surface area contributed by atoms with Crippen molar-refractivity contribution in [3.05, 3.63) is 75.6 Å². The van der Waals surface area contributed by atoms with Crippen LogP contribution in [0.15, 0.2) is 53.8 Å². The van der Waals surface area contributed by atoms with Crippen LogP contribution in [0.25, 0.3) is 10.9 Å². The van der Waals surface area contributed by atoms with Gasteiger partial charge in [-0.2, -0.15) is 0 Å². The molecule has 1 aliphatic carbocycles. The van der Waals surface area contributed by atoms with Crippen molar-refractivity contribution in [3.63, 3.8) is 0 Å². The Morgan fingerprint density at radius 3 is 2.50 bits per heavy atom. The first-order valence-corrected chi connectivity index (χ1v) is 13.3. The van der Waals surface area contributed by atoms with Gasteiger partial charge in [-0.3, -0.25) is 14.2 Å². The Labute approximate surface area is 226 Å². The number of Topliss-reactive ketones (excluding diaryl/α,β-unsaturated/α-hetero) is 1. The monoisotopic (exact) mass is 535 g/mol. The van der Waals surface area contributed by atoms with E-state index in [2.05, 4.69) is 0 Å². The predicted octanol–water partition coefficient (Wildman–Crippen LogP) is 6.12. The van der Waals surface area contributed by atoms with Crippen molar-refractivity contribution < 1.29 is 29.0 Å². The number of fused-ring (bicyclic) bond motifs is 1. The average molecular weight is 536 g/mol. The van der Waals surface area contributed by atoms with Gasteiger partial charge in [0.2, 0.25) is 0 Å². The van der Waals surface area contributed by atoms with Gasteiger partial charge in [-0.15, -0.1) is 0 Å². The van der Waals surface area contributed by atoms with Gasteiger partial charge in [-0.25, -0.2) is 4.79 Å². The number of methoxy groups -OCH3 is 1. The van der Waals surface area contributed by atoms with Crippen LogP contribution in [0.4, 0.5) is 0 Å². The number of benzene rings is 2. The molecule has 0 bridgehead atoms. The Balaban J connectivity index is 1.50. The summed E-state index contributed by atoms with van der Waals surface area (Å²) in [6.07, 6.45) is 5.09. The Kier molecular flexibility index (Phi) is 7.30. The maximum Gasteiger partial charge on any atom is 0.346 e. The summed E-state index contributed by atoms with van der Waals surface area (Å²) in [4.78, 5) is 39.7. The van der Waals surface area contributed by atoms with Crippen LogP contribution in [-0.4, -0.2) is 40.5 Å². The molecule has 1 N–H and O–H groups in total. The number of aliphatic hydroxyl groups is 1. The quantitative estimate of drug-likeness (QED) is 0.289. The molecule has 1 saturated carbocycles. The van der Waals surface area contributed by atoms with E-state index in [-0.39, 0.29) is 23.7 Å². The van der Waals surface area contributed by atoms with Crippen LogP contribution in [-0.2, 0) is 20.7 Å². The molecule has 2 aromatic carbocycles. The van der Waals surface area contributed by atoms with Gasteiger partial charge in [0.05, 0.1) is 12.6 Å². The van der Waals surface area contributed by atoms with E-state index >= 15 is 0 Å². The zero-order chi connectivity index (χ0) is 27.0. The lowest BCUT2D eigenvalue weighted by Gasteiger charge is -2.23. The average Bonchev–Trinajstić information content (AvgIpc) is 3.35. The van der Waals surface area contributed by atoms with Gasteiger partial charge >= 0.3 is 5.97 Å². The molecule has 0 spiro atoms. The van der Waals surface area contributed by atoms with Crippen molar-refractivity contribution in [1.82, 2.24) is 4.57 Å². The van der Waals surface area contributed by atoms with Crippen molar-refractivity contribution in [2.75, 3.05) is 7.11 Å². The topological polar surface area (TPSA) is 94.8 Å². The summed E-state index contributed by atoms with van der Waals surface area (Å²) in [5.41, 5.74) is 1.89. The van der Waals surface area contributed by atoms with E-state index in [0.29, 0.717) is 50.8 Å². The van der Waals surface area contributed by atoms with Crippen molar-refractivity contribution in [2.45, 2.75) is 58.0 Å². The zero-order valence-corrected chi connectivity index (χ0v) is 22.2. The van der Waals surface area contributed by atoms with E-state index in [1.807, 2.05) is 0 Å². The first-order valence-electron chi connectivity index (χ1n) is 12.9. The fourth-order valence-corrected chi connectivity index (χ4v) is 5.82. The number of hydrogen-bond acceptors (Lipinski definition) is 6. The second-order valence-corrected chi connectivity index (χ2v) is 10.5. The minimum absolute atomic E-state index is 0.180. The second kappa shape index (κ2) is 10.7. The summed E-state index contributed by atoms with van der Waals surface area (Å²) in [6, 6.07) is 11.9. The van der Waals surface area contributed by atoms with Crippen LogP contribution in [0.2, 0.25) is 5.02 Å². The third-order valence-electron chi connectivity index (χ3n) is 7.74. The molecule has 198 valence electrons. The summed E-state index contributed by atoms with van der Waals surface area (Å²) in [5, 5.41) is 12.0. The molecule has 8 heteroatoms. The fourth-order valence-electron chi connectivity index (χ4n) is 5.70. The van der Waals surface area contributed by atoms with Crippen LogP contribution < -0.4 is 4.74 Å². The highest BCUT2D eigenvalue weighted by atomic mass is 35.5. The van der Waals surface area contributed by atoms with E-state index in [1.165, 1.54) is 6.42 Å². The molecule has 0 saturated heterocycles. The fraction of sp³-hybridized carbons (Fsp3) is 0.367. The summed E-state index contributed by atoms with van der Waals surface area (Å²) >= 11 is 6.00. The van der Waals surface area contributed by atoms with Crippen LogP contribution >= 0.6 is 11.6 Å². The highest BCUT2D eigenvalue weighted by Crippen LogP contribution is 2.35. The maximum atomic E-state index is 13.5. The van der Waals surface area contributed by atoms with E-state index in [0.717, 1.165) is 25.7 Å². The first-order chi connectivity index (χ1) is 18.3. The van der Waals surface area contributed by atoms with E-state index in [9.17, 15) is 19.5 Å². The molecule has 1 aliphatic heterocycles. The molecule has 3 aromatic rings. The number of carbonyl (C=O) groups excluding carboxylic acids is 3. The van der Waals surface area contributed by atoms with Crippen LogP contribution in [0.5, 0.6) is 5.75 Å². The standard InChI is InChI=1S/C30H30ClNO6/c1-17-22(16-25(33)27-28(34)26(38-30(27)36)14-18-6-4-3-5-7-18)23-15-21(37-2)12-13-24(23)32(17)29(35)19-8-10-20(31)11-9-19/h8-13,15,18,26,34H,3-7,14,16H2,1-2H3. The van der Waals surface area contributed by atoms with Gasteiger partial charge in [0.25, 0.3) is 5.91 Å². The van der Waals surface area contributed by atoms with Gasteiger partial charge in [0, 0.05) is 28.1 Å². The van der Waals surface area contributed by atoms with Crippen molar-refractivity contribution in [2.24, 2.45) is 5.92 Å². The third kappa shape index (κ3) is 4.83. The molecule has 1 aromatic heterocycles. The molecule has 1 atom stereocenters. The Morgan fingerprint density at radius 2 is 1.82 bits per heavy atom.